The van der Waals surface area contributed by atoms with Crippen LogP contribution in [-0.4, -0.2) is 48.9 Å². The molecule has 1 aliphatic heterocycles. The number of ether oxygens (including phenoxy) is 2. The molecule has 1 unspecified atom stereocenters. The van der Waals surface area contributed by atoms with Crippen molar-refractivity contribution in [3.8, 4) is 6.07 Å². The lowest BCUT2D eigenvalue weighted by atomic mass is 9.99. The van der Waals surface area contributed by atoms with Gasteiger partial charge in [0, 0.05) is 6.42 Å². The molecule has 4 N–H and O–H groups in total. The molecule has 2 aromatic heterocycles. The number of aromatic nitrogens is 3. The molecule has 2 aromatic rings. The van der Waals surface area contributed by atoms with Crippen molar-refractivity contribution in [2.45, 2.75) is 43.9 Å². The number of hydrogen-bond acceptors (Lipinski definition) is 8. The van der Waals surface area contributed by atoms with E-state index >= 15 is 0 Å². The summed E-state index contributed by atoms with van der Waals surface area (Å²) in [7, 11) is 0. The molecule has 3 rings (SSSR count). The van der Waals surface area contributed by atoms with Crippen LogP contribution in [-0.2, 0) is 9.47 Å². The fourth-order valence-corrected chi connectivity index (χ4v) is 2.92. The minimum atomic E-state index is -1.42. The van der Waals surface area contributed by atoms with E-state index in [-0.39, 0.29) is 6.42 Å². The highest BCUT2D eigenvalue weighted by atomic mass is 16.7. The Morgan fingerprint density at radius 1 is 1.58 bits per heavy atom. The van der Waals surface area contributed by atoms with E-state index in [1.54, 1.807) is 16.6 Å². The molecule has 128 valence electrons. The smallest absolute Gasteiger partial charge is 0.180 e. The molecule has 0 aliphatic carbocycles. The molecule has 3 atom stereocenters. The van der Waals surface area contributed by atoms with Crippen LogP contribution in [0.2, 0.25) is 0 Å². The Kier molecular flexibility index (Phi) is 3.93. The first-order valence-corrected chi connectivity index (χ1v) is 7.47. The zero-order valence-corrected chi connectivity index (χ0v) is 13.4. The van der Waals surface area contributed by atoms with Gasteiger partial charge in [-0.1, -0.05) is 0 Å². The Balaban J connectivity index is 2.05. The monoisotopic (exact) mass is 333 g/mol. The fraction of sp³-hybridized carbons (Fsp3) is 0.533. The van der Waals surface area contributed by atoms with Crippen molar-refractivity contribution in [2.24, 2.45) is 0 Å². The maximum absolute atomic E-state index is 9.99. The molecular weight excluding hydrogens is 314 g/mol. The zero-order valence-electron chi connectivity index (χ0n) is 13.4. The van der Waals surface area contributed by atoms with E-state index in [4.69, 9.17) is 15.2 Å². The van der Waals surface area contributed by atoms with Crippen LogP contribution >= 0.6 is 0 Å². The number of aliphatic hydroxyl groups is 2. The molecular formula is C15H19N5O4. The average Bonchev–Trinajstić information content (AvgIpc) is 3.08. The van der Waals surface area contributed by atoms with Crippen LogP contribution in [0.1, 0.15) is 32.1 Å². The number of anilines is 1. The van der Waals surface area contributed by atoms with Crippen molar-refractivity contribution in [3.05, 3.63) is 24.2 Å². The predicted octanol–water partition coefficient (Wildman–Crippen LogP) is 0.141. The van der Waals surface area contributed by atoms with Gasteiger partial charge in [-0.15, -0.1) is 0 Å². The normalized spacial score (nSPS) is 27.5. The molecule has 3 heterocycles. The van der Waals surface area contributed by atoms with Crippen LogP contribution in [0.4, 0.5) is 5.82 Å². The predicted molar refractivity (Wildman–Crippen MR) is 82.4 cm³/mol. The first-order valence-electron chi connectivity index (χ1n) is 7.47. The SMILES string of the molecule is CC(C)(O)OC1C[C@@](C#N)(CO)O[C@H]1c1ccc2c(N)ncnn12. The second-order valence-corrected chi connectivity index (χ2v) is 6.31. The lowest BCUT2D eigenvalue weighted by Gasteiger charge is -2.26. The second kappa shape index (κ2) is 5.68. The van der Waals surface area contributed by atoms with Gasteiger partial charge in [-0.05, 0) is 26.0 Å². The van der Waals surface area contributed by atoms with Crippen LogP contribution in [0.25, 0.3) is 5.52 Å². The summed E-state index contributed by atoms with van der Waals surface area (Å²) in [5, 5.41) is 33.1. The van der Waals surface area contributed by atoms with Crippen LogP contribution in [0, 0.1) is 11.3 Å². The summed E-state index contributed by atoms with van der Waals surface area (Å²) in [5.74, 6) is -1.11. The number of aliphatic hydroxyl groups excluding tert-OH is 1. The number of nitriles is 1. The van der Waals surface area contributed by atoms with E-state index < -0.39 is 30.2 Å². The van der Waals surface area contributed by atoms with E-state index in [9.17, 15) is 15.5 Å². The van der Waals surface area contributed by atoms with Gasteiger partial charge in [-0.3, -0.25) is 0 Å². The lowest BCUT2D eigenvalue weighted by molar-refractivity contribution is -0.215. The number of rotatable bonds is 4. The zero-order chi connectivity index (χ0) is 17.5. The molecule has 1 saturated heterocycles. The Morgan fingerprint density at radius 2 is 2.33 bits per heavy atom. The number of nitrogens with zero attached hydrogens (tertiary/aromatic N) is 4. The molecule has 24 heavy (non-hydrogen) atoms. The van der Waals surface area contributed by atoms with E-state index in [1.807, 2.05) is 6.07 Å². The number of hydrogen-bond donors (Lipinski definition) is 3. The van der Waals surface area contributed by atoms with Crippen molar-refractivity contribution < 1.29 is 19.7 Å². The van der Waals surface area contributed by atoms with E-state index in [0.717, 1.165) is 0 Å². The van der Waals surface area contributed by atoms with Gasteiger partial charge >= 0.3 is 0 Å². The molecule has 0 radical (unpaired) electrons. The minimum absolute atomic E-state index is 0.114. The standard InChI is InChI=1S/C15H19N5O4/c1-14(2,22)23-11-5-15(6-16,7-21)24-12(11)9-3-4-10-13(17)18-8-19-20(9)10/h3-4,8,11-12,21-22H,5,7H2,1-2H3,(H2,17,18,19)/t11?,12-,15+/m0/s1. The lowest BCUT2D eigenvalue weighted by Crippen LogP contribution is -2.34. The third-order valence-corrected chi connectivity index (χ3v) is 3.92. The summed E-state index contributed by atoms with van der Waals surface area (Å²) in [5.41, 5.74) is 5.62. The third kappa shape index (κ3) is 2.81. The second-order valence-electron chi connectivity index (χ2n) is 6.31. The molecule has 1 fully saturated rings. The van der Waals surface area contributed by atoms with Gasteiger partial charge in [0.1, 0.15) is 24.0 Å². The summed E-state index contributed by atoms with van der Waals surface area (Å²) in [6.45, 7) is 2.50. The summed E-state index contributed by atoms with van der Waals surface area (Å²) in [6, 6.07) is 5.48. The van der Waals surface area contributed by atoms with Gasteiger partial charge in [0.2, 0.25) is 0 Å². The van der Waals surface area contributed by atoms with Crippen LogP contribution < -0.4 is 5.73 Å². The van der Waals surface area contributed by atoms with Gasteiger partial charge < -0.3 is 25.4 Å². The minimum Gasteiger partial charge on any atom is -0.392 e. The average molecular weight is 333 g/mol. The summed E-state index contributed by atoms with van der Waals surface area (Å²) in [4.78, 5) is 3.93. The number of nitrogen functional groups attached to an aromatic ring is 1. The van der Waals surface area contributed by atoms with Crippen molar-refractivity contribution in [1.29, 1.82) is 5.26 Å². The number of nitrogens with two attached hydrogens (primary N) is 1. The molecule has 0 spiro atoms. The summed E-state index contributed by atoms with van der Waals surface area (Å²) >= 11 is 0. The Labute approximate surface area is 138 Å². The maximum Gasteiger partial charge on any atom is 0.180 e. The van der Waals surface area contributed by atoms with Crippen LogP contribution in [0.5, 0.6) is 0 Å². The van der Waals surface area contributed by atoms with Gasteiger partial charge in [0.05, 0.1) is 18.4 Å². The van der Waals surface area contributed by atoms with E-state index in [1.165, 1.54) is 20.2 Å². The third-order valence-electron chi connectivity index (χ3n) is 3.92. The number of fused-ring (bicyclic) bond motifs is 1. The Hall–Kier alpha value is -2.25. The molecule has 0 bridgehead atoms. The van der Waals surface area contributed by atoms with E-state index in [0.29, 0.717) is 17.0 Å². The first kappa shape index (κ1) is 16.6. The maximum atomic E-state index is 9.99. The fourth-order valence-electron chi connectivity index (χ4n) is 2.92. The highest BCUT2D eigenvalue weighted by Crippen LogP contribution is 2.42. The topological polar surface area (TPSA) is 139 Å². The molecule has 0 amide bonds. The summed E-state index contributed by atoms with van der Waals surface area (Å²) in [6.07, 6.45) is 0.0738. The van der Waals surface area contributed by atoms with Crippen LogP contribution in [0.15, 0.2) is 18.5 Å². The molecule has 1 aliphatic rings. The van der Waals surface area contributed by atoms with Gasteiger partial charge in [0.15, 0.2) is 17.2 Å². The van der Waals surface area contributed by atoms with Crippen LogP contribution in [0.3, 0.4) is 0 Å². The van der Waals surface area contributed by atoms with Gasteiger partial charge in [-0.2, -0.15) is 10.4 Å². The molecule has 9 heteroatoms. The largest absolute Gasteiger partial charge is 0.392 e. The van der Waals surface area contributed by atoms with E-state index in [2.05, 4.69) is 10.1 Å². The van der Waals surface area contributed by atoms with Gasteiger partial charge in [0.25, 0.3) is 0 Å². The summed E-state index contributed by atoms with van der Waals surface area (Å²) < 4.78 is 13.0. The first-order chi connectivity index (χ1) is 11.3. The van der Waals surface area contributed by atoms with Gasteiger partial charge in [-0.25, -0.2) is 9.50 Å². The highest BCUT2D eigenvalue weighted by molar-refractivity contribution is 5.65. The van der Waals surface area contributed by atoms with Crippen molar-refractivity contribution in [2.75, 3.05) is 12.3 Å². The molecule has 9 nitrogen and oxygen atoms in total. The van der Waals surface area contributed by atoms with Crippen molar-refractivity contribution in [1.82, 2.24) is 14.6 Å². The molecule has 0 saturated carbocycles. The quantitative estimate of drug-likeness (QED) is 0.671. The Morgan fingerprint density at radius 3 is 2.96 bits per heavy atom. The highest BCUT2D eigenvalue weighted by Gasteiger charge is 2.50. The Bertz CT molecular complexity index is 793. The van der Waals surface area contributed by atoms with Crippen molar-refractivity contribution >= 4 is 11.3 Å². The van der Waals surface area contributed by atoms with Crippen molar-refractivity contribution in [3.63, 3.8) is 0 Å². The molecule has 0 aromatic carbocycles.